The molecule has 6 nitrogen and oxygen atoms in total. The van der Waals surface area contributed by atoms with Gasteiger partial charge in [-0.2, -0.15) is 0 Å². The number of benzene rings is 3. The van der Waals surface area contributed by atoms with E-state index in [0.717, 1.165) is 22.8 Å². The van der Waals surface area contributed by atoms with Crippen LogP contribution in [0.15, 0.2) is 95.0 Å². The van der Waals surface area contributed by atoms with E-state index < -0.39 is 0 Å². The van der Waals surface area contributed by atoms with E-state index in [1.165, 1.54) is 0 Å². The second kappa shape index (κ2) is 9.63. The van der Waals surface area contributed by atoms with E-state index in [0.29, 0.717) is 5.69 Å². The highest BCUT2D eigenvalue weighted by molar-refractivity contribution is 6.02. The maximum atomic E-state index is 9.07. The van der Waals surface area contributed by atoms with Crippen molar-refractivity contribution < 1.29 is 0 Å². The first-order chi connectivity index (χ1) is 14.5. The van der Waals surface area contributed by atoms with Gasteiger partial charge >= 0.3 is 0 Å². The Labute approximate surface area is 177 Å². The van der Waals surface area contributed by atoms with Gasteiger partial charge in [-0.05, 0) is 56.1 Å². The molecule has 0 fully saturated rings. The lowest BCUT2D eigenvalue weighted by atomic mass is 10.0. The maximum absolute atomic E-state index is 9.07. The van der Waals surface area contributed by atoms with Gasteiger partial charge in [-0.25, -0.2) is 0 Å². The van der Waals surface area contributed by atoms with Gasteiger partial charge in [-0.1, -0.05) is 65.8 Å². The molecular weight excluding hydrogens is 372 g/mol. The van der Waals surface area contributed by atoms with Crippen LogP contribution in [-0.4, -0.2) is 11.4 Å². The van der Waals surface area contributed by atoms with Crippen molar-refractivity contribution in [2.24, 2.45) is 10.1 Å². The van der Waals surface area contributed by atoms with Crippen molar-refractivity contribution in [1.29, 1.82) is 0 Å². The zero-order chi connectivity index (χ0) is 21.4. The summed E-state index contributed by atoms with van der Waals surface area (Å²) < 4.78 is 0. The van der Waals surface area contributed by atoms with Crippen molar-refractivity contribution in [2.75, 3.05) is 10.6 Å². The fourth-order valence-electron chi connectivity index (χ4n) is 3.06. The summed E-state index contributed by atoms with van der Waals surface area (Å²) >= 11 is 0. The highest BCUT2D eigenvalue weighted by Crippen LogP contribution is 2.31. The fraction of sp³-hybridized carbons (Fsp3) is 0.208. The van der Waals surface area contributed by atoms with Gasteiger partial charge in [0.1, 0.15) is 11.9 Å². The summed E-state index contributed by atoms with van der Waals surface area (Å²) in [5.41, 5.74) is 12.0. The Morgan fingerprint density at radius 2 is 1.40 bits per heavy atom. The van der Waals surface area contributed by atoms with E-state index >= 15 is 0 Å². The molecule has 0 unspecified atom stereocenters. The summed E-state index contributed by atoms with van der Waals surface area (Å²) in [5.74, 6) is 0.734. The number of nitrogens with zero attached hydrogens (tertiary/aromatic N) is 4. The van der Waals surface area contributed by atoms with E-state index in [4.69, 9.17) is 10.5 Å². The predicted molar refractivity (Wildman–Crippen MR) is 125 cm³/mol. The molecule has 0 bridgehead atoms. The number of rotatable bonds is 6. The molecule has 0 aliphatic rings. The molecule has 2 N–H and O–H groups in total. The van der Waals surface area contributed by atoms with Gasteiger partial charge in [0.05, 0.1) is 5.54 Å². The smallest absolute Gasteiger partial charge is 0.129 e. The molecule has 0 saturated carbocycles. The second-order valence-electron chi connectivity index (χ2n) is 7.85. The van der Waals surface area contributed by atoms with Crippen LogP contribution in [-0.2, 0) is 0 Å². The number of para-hydroxylation sites is 2. The Morgan fingerprint density at radius 3 is 2.00 bits per heavy atom. The summed E-state index contributed by atoms with van der Waals surface area (Å²) in [7, 11) is 0. The molecule has 152 valence electrons. The van der Waals surface area contributed by atoms with Crippen molar-refractivity contribution >= 4 is 22.9 Å². The predicted octanol–water partition coefficient (Wildman–Crippen LogP) is 7.09. The topological polar surface area (TPSA) is 85.2 Å². The number of anilines is 2. The highest BCUT2D eigenvalue weighted by Gasteiger charge is 2.23. The molecule has 0 aliphatic carbocycles. The molecule has 0 aliphatic heterocycles. The molecule has 0 aromatic heterocycles. The molecule has 0 heterocycles. The van der Waals surface area contributed by atoms with Crippen molar-refractivity contribution in [3.05, 3.63) is 101 Å². The Hall–Kier alpha value is -3.76. The number of nitrogens with one attached hydrogen (secondary N) is 2. The summed E-state index contributed by atoms with van der Waals surface area (Å²) in [6.07, 6.45) is 0. The monoisotopic (exact) mass is 398 g/mol. The third-order valence-electron chi connectivity index (χ3n) is 4.26. The lowest BCUT2D eigenvalue weighted by molar-refractivity contribution is 0.580. The average Bonchev–Trinajstić information content (AvgIpc) is 2.73. The lowest BCUT2D eigenvalue weighted by Crippen LogP contribution is -2.31. The van der Waals surface area contributed by atoms with Crippen LogP contribution >= 0.6 is 0 Å². The summed E-state index contributed by atoms with van der Waals surface area (Å²) in [5, 5.41) is 10.9. The minimum absolute atomic E-state index is 0.318. The van der Waals surface area contributed by atoms with Crippen molar-refractivity contribution in [3.8, 4) is 0 Å². The van der Waals surface area contributed by atoms with Crippen LogP contribution in [0.1, 0.15) is 32.4 Å². The molecular formula is C24H26N6. The average molecular weight is 399 g/mol. The SMILES string of the molecule is CC(C)(C)N=C(Nc1ccccc1)[C@@H](Nc1ccccc1)c1ccccc1N=[N+]=[N-]. The van der Waals surface area contributed by atoms with Crippen LogP contribution in [0, 0.1) is 0 Å². The van der Waals surface area contributed by atoms with E-state index in [1.807, 2.05) is 84.9 Å². The summed E-state index contributed by atoms with van der Waals surface area (Å²) in [6, 6.07) is 27.1. The zero-order valence-corrected chi connectivity index (χ0v) is 17.4. The first-order valence-corrected chi connectivity index (χ1v) is 9.84. The van der Waals surface area contributed by atoms with Crippen LogP contribution in [0.2, 0.25) is 0 Å². The van der Waals surface area contributed by atoms with Gasteiger partial charge in [0.2, 0.25) is 0 Å². The first-order valence-electron chi connectivity index (χ1n) is 9.84. The zero-order valence-electron chi connectivity index (χ0n) is 17.4. The molecule has 0 saturated heterocycles. The number of hydrogen-bond acceptors (Lipinski definition) is 3. The van der Waals surface area contributed by atoms with Crippen molar-refractivity contribution in [2.45, 2.75) is 32.4 Å². The fourth-order valence-corrected chi connectivity index (χ4v) is 3.06. The third-order valence-corrected chi connectivity index (χ3v) is 4.26. The minimum atomic E-state index is -0.353. The van der Waals surface area contributed by atoms with Crippen LogP contribution in [0.5, 0.6) is 0 Å². The van der Waals surface area contributed by atoms with Crippen LogP contribution in [0.25, 0.3) is 10.4 Å². The van der Waals surface area contributed by atoms with Gasteiger partial charge in [0, 0.05) is 22.0 Å². The molecule has 30 heavy (non-hydrogen) atoms. The summed E-state index contributed by atoms with van der Waals surface area (Å²) in [6.45, 7) is 6.16. The molecule has 1 atom stereocenters. The molecule has 0 amide bonds. The lowest BCUT2D eigenvalue weighted by Gasteiger charge is -2.27. The van der Waals surface area contributed by atoms with Crippen LogP contribution < -0.4 is 10.6 Å². The van der Waals surface area contributed by atoms with Crippen molar-refractivity contribution in [3.63, 3.8) is 0 Å². The Bertz CT molecular complexity index is 1030. The molecule has 0 radical (unpaired) electrons. The molecule has 6 heteroatoms. The van der Waals surface area contributed by atoms with Gasteiger partial charge in [-0.15, -0.1) is 0 Å². The van der Waals surface area contributed by atoms with E-state index in [-0.39, 0.29) is 11.6 Å². The van der Waals surface area contributed by atoms with E-state index in [1.54, 1.807) is 0 Å². The molecule has 3 aromatic carbocycles. The van der Waals surface area contributed by atoms with Crippen LogP contribution in [0.4, 0.5) is 17.1 Å². The van der Waals surface area contributed by atoms with Crippen molar-refractivity contribution in [1.82, 2.24) is 0 Å². The van der Waals surface area contributed by atoms with Gasteiger partial charge in [0.15, 0.2) is 0 Å². The Kier molecular flexibility index (Phi) is 6.73. The van der Waals surface area contributed by atoms with Gasteiger partial charge in [-0.3, -0.25) is 4.99 Å². The van der Waals surface area contributed by atoms with E-state index in [9.17, 15) is 0 Å². The van der Waals surface area contributed by atoms with Gasteiger partial charge in [0.25, 0.3) is 0 Å². The normalized spacial score (nSPS) is 12.6. The number of amidine groups is 1. The second-order valence-corrected chi connectivity index (χ2v) is 7.85. The molecule has 3 aromatic rings. The minimum Gasteiger partial charge on any atom is -0.372 e. The Balaban J connectivity index is 2.14. The third kappa shape index (κ3) is 5.87. The van der Waals surface area contributed by atoms with Gasteiger partial charge < -0.3 is 10.6 Å². The Morgan fingerprint density at radius 1 is 0.833 bits per heavy atom. The molecule has 0 spiro atoms. The quantitative estimate of drug-likeness (QED) is 0.153. The van der Waals surface area contributed by atoms with E-state index in [2.05, 4.69) is 41.4 Å². The largest absolute Gasteiger partial charge is 0.372 e. The summed E-state index contributed by atoms with van der Waals surface area (Å²) in [4.78, 5) is 8.00. The number of aliphatic imine (C=N–C) groups is 1. The number of azide groups is 1. The number of hydrogen-bond donors (Lipinski definition) is 2. The maximum Gasteiger partial charge on any atom is 0.129 e. The highest BCUT2D eigenvalue weighted by atomic mass is 15.1. The van der Waals surface area contributed by atoms with Crippen LogP contribution in [0.3, 0.4) is 0 Å². The first kappa shape index (κ1) is 21.0. The molecule has 3 rings (SSSR count). The standard InChI is InChI=1S/C24H26N6/c1-24(2,3)28-23(27-19-14-8-5-9-15-19)22(26-18-12-6-4-7-13-18)20-16-10-11-17-21(20)29-30-25/h4-17,22,26H,1-3H3,(H,27,28)/t22-/m0/s1.